The van der Waals surface area contributed by atoms with Gasteiger partial charge < -0.3 is 20.5 Å². The molecule has 1 unspecified atom stereocenters. The van der Waals surface area contributed by atoms with Gasteiger partial charge in [-0.15, -0.1) is 0 Å². The lowest BCUT2D eigenvalue weighted by atomic mass is 10.0. The zero-order valence-corrected chi connectivity index (χ0v) is 16.2. The summed E-state index contributed by atoms with van der Waals surface area (Å²) < 4.78 is 5.42. The highest BCUT2D eigenvalue weighted by Gasteiger charge is 2.24. The summed E-state index contributed by atoms with van der Waals surface area (Å²) in [5.41, 5.74) is 3.59. The van der Waals surface area contributed by atoms with Crippen LogP contribution in [0.2, 0.25) is 0 Å². The number of rotatable bonds is 8. The third kappa shape index (κ3) is 5.57. The molecule has 0 saturated heterocycles. The number of nitrogens with one attached hydrogen (secondary N) is 2. The number of aryl methyl sites for hydroxylation is 2. The van der Waals surface area contributed by atoms with Crippen LogP contribution in [0, 0.1) is 6.92 Å². The number of hydrogen-bond donors (Lipinski definition) is 3. The summed E-state index contributed by atoms with van der Waals surface area (Å²) in [6.07, 6.45) is 1.53. The lowest BCUT2D eigenvalue weighted by molar-refractivity contribution is -0.141. The van der Waals surface area contributed by atoms with Crippen LogP contribution in [0.3, 0.4) is 0 Å². The monoisotopic (exact) mass is 396 g/mol. The number of carbonyl (C=O) groups is 3. The Balaban J connectivity index is 1.49. The third-order valence-electron chi connectivity index (χ3n) is 4.81. The summed E-state index contributed by atoms with van der Waals surface area (Å²) in [7, 11) is 0. The van der Waals surface area contributed by atoms with Crippen molar-refractivity contribution in [3.05, 3.63) is 64.7 Å². The molecule has 1 aliphatic rings. The Labute approximate surface area is 169 Å². The topological polar surface area (TPSA) is 105 Å². The van der Waals surface area contributed by atoms with Crippen molar-refractivity contribution in [2.24, 2.45) is 0 Å². The summed E-state index contributed by atoms with van der Waals surface area (Å²) in [5, 5.41) is 14.5. The van der Waals surface area contributed by atoms with Crippen LogP contribution in [-0.2, 0) is 27.2 Å². The summed E-state index contributed by atoms with van der Waals surface area (Å²) in [6, 6.07) is 11.8. The largest absolute Gasteiger partial charge is 0.493 e. The maximum atomic E-state index is 12.2. The quantitative estimate of drug-likeness (QED) is 0.632. The molecule has 1 heterocycles. The van der Waals surface area contributed by atoms with E-state index in [2.05, 4.69) is 10.6 Å². The molecule has 2 aromatic rings. The number of benzene rings is 2. The summed E-state index contributed by atoms with van der Waals surface area (Å²) >= 11 is 0. The lowest BCUT2D eigenvalue weighted by Crippen LogP contribution is -2.41. The number of fused-ring (bicyclic) bond motifs is 1. The molecule has 1 atom stereocenters. The highest BCUT2D eigenvalue weighted by Crippen LogP contribution is 2.28. The van der Waals surface area contributed by atoms with Gasteiger partial charge in [-0.3, -0.25) is 9.59 Å². The van der Waals surface area contributed by atoms with Gasteiger partial charge in [-0.05, 0) is 42.2 Å². The van der Waals surface area contributed by atoms with Crippen molar-refractivity contribution in [2.45, 2.75) is 32.2 Å². The first-order chi connectivity index (χ1) is 13.9. The Morgan fingerprint density at radius 2 is 1.86 bits per heavy atom. The number of carbonyl (C=O) groups excluding carboxylic acids is 2. The Hall–Kier alpha value is -3.35. The predicted molar refractivity (Wildman–Crippen MR) is 107 cm³/mol. The zero-order valence-electron chi connectivity index (χ0n) is 16.2. The average Bonchev–Trinajstić information content (AvgIpc) is 3.17. The molecule has 7 heteroatoms. The van der Waals surface area contributed by atoms with Crippen molar-refractivity contribution in [3.8, 4) is 5.75 Å². The second-order valence-electron chi connectivity index (χ2n) is 7.07. The number of aliphatic carboxylic acids is 1. The minimum absolute atomic E-state index is 0.253. The van der Waals surface area contributed by atoms with Gasteiger partial charge in [0.2, 0.25) is 11.8 Å². The molecule has 2 amide bonds. The molecule has 0 saturated carbocycles. The first kappa shape index (κ1) is 20.4. The van der Waals surface area contributed by atoms with Crippen molar-refractivity contribution in [1.29, 1.82) is 0 Å². The van der Waals surface area contributed by atoms with Crippen LogP contribution in [0.15, 0.2) is 42.5 Å². The Morgan fingerprint density at radius 3 is 2.59 bits per heavy atom. The maximum Gasteiger partial charge on any atom is 0.330 e. The summed E-state index contributed by atoms with van der Waals surface area (Å²) in [6.45, 7) is 2.29. The molecule has 2 aromatic carbocycles. The van der Waals surface area contributed by atoms with Gasteiger partial charge in [-0.1, -0.05) is 35.9 Å². The standard InChI is InChI=1S/C22H24N2O5/c1-14-2-4-15(5-3-14)6-9-19(25)23-13-20(26)24-21(22(27)28)17-7-8-18-16(12-17)10-11-29-18/h2-5,7-8,12,21H,6,9-11,13H2,1H3,(H,23,25)(H,24,26)(H,27,28). The van der Waals surface area contributed by atoms with Gasteiger partial charge in [0.1, 0.15) is 5.75 Å². The molecule has 0 spiro atoms. The normalized spacial score (nSPS) is 13.1. The molecule has 3 rings (SSSR count). The fourth-order valence-corrected chi connectivity index (χ4v) is 3.17. The highest BCUT2D eigenvalue weighted by atomic mass is 16.5. The zero-order chi connectivity index (χ0) is 20.8. The number of amides is 2. The fourth-order valence-electron chi connectivity index (χ4n) is 3.17. The van der Waals surface area contributed by atoms with Crippen LogP contribution in [0.1, 0.15) is 34.7 Å². The Kier molecular flexibility index (Phi) is 6.49. The van der Waals surface area contributed by atoms with E-state index in [0.29, 0.717) is 25.0 Å². The smallest absolute Gasteiger partial charge is 0.330 e. The van der Waals surface area contributed by atoms with Crippen LogP contribution in [-0.4, -0.2) is 36.0 Å². The molecule has 0 radical (unpaired) electrons. The number of ether oxygens (including phenoxy) is 1. The second kappa shape index (κ2) is 9.23. The number of carboxylic acid groups (broad SMARTS) is 1. The van der Waals surface area contributed by atoms with Gasteiger partial charge in [0, 0.05) is 12.8 Å². The van der Waals surface area contributed by atoms with Gasteiger partial charge in [0.05, 0.1) is 13.2 Å². The average molecular weight is 396 g/mol. The summed E-state index contributed by atoms with van der Waals surface area (Å²) in [5.74, 6) is -1.24. The van der Waals surface area contributed by atoms with Gasteiger partial charge in [0.25, 0.3) is 0 Å². The van der Waals surface area contributed by atoms with Crippen LogP contribution in [0.4, 0.5) is 0 Å². The van der Waals surface area contributed by atoms with E-state index in [1.54, 1.807) is 18.2 Å². The van der Waals surface area contributed by atoms with E-state index in [1.807, 2.05) is 31.2 Å². The van der Waals surface area contributed by atoms with Gasteiger partial charge in [-0.2, -0.15) is 0 Å². The molecule has 7 nitrogen and oxygen atoms in total. The second-order valence-corrected chi connectivity index (χ2v) is 7.07. The lowest BCUT2D eigenvalue weighted by Gasteiger charge is -2.16. The molecule has 0 bridgehead atoms. The van der Waals surface area contributed by atoms with Crippen LogP contribution in [0.25, 0.3) is 0 Å². The molecule has 29 heavy (non-hydrogen) atoms. The molecule has 0 aliphatic carbocycles. The van der Waals surface area contributed by atoms with Crippen LogP contribution >= 0.6 is 0 Å². The van der Waals surface area contributed by atoms with Gasteiger partial charge in [0.15, 0.2) is 6.04 Å². The first-order valence-electron chi connectivity index (χ1n) is 9.52. The Bertz CT molecular complexity index is 908. The predicted octanol–water partition coefficient (Wildman–Crippen LogP) is 1.92. The van der Waals surface area contributed by atoms with Crippen molar-refractivity contribution in [1.82, 2.24) is 10.6 Å². The molecule has 0 aromatic heterocycles. The minimum Gasteiger partial charge on any atom is -0.493 e. The molecule has 3 N–H and O–H groups in total. The van der Waals surface area contributed by atoms with Crippen molar-refractivity contribution in [2.75, 3.05) is 13.2 Å². The molecule has 0 fully saturated rings. The van der Waals surface area contributed by atoms with E-state index in [1.165, 1.54) is 0 Å². The van der Waals surface area contributed by atoms with E-state index in [4.69, 9.17) is 4.74 Å². The first-order valence-corrected chi connectivity index (χ1v) is 9.52. The minimum atomic E-state index is -1.18. The highest BCUT2D eigenvalue weighted by molar-refractivity contribution is 5.88. The maximum absolute atomic E-state index is 12.2. The molecule has 152 valence electrons. The molecular weight excluding hydrogens is 372 g/mol. The molecule has 1 aliphatic heterocycles. The SMILES string of the molecule is Cc1ccc(CCC(=O)NCC(=O)NC(C(=O)O)c2ccc3c(c2)CCO3)cc1. The van der Waals surface area contributed by atoms with E-state index in [0.717, 1.165) is 22.4 Å². The van der Waals surface area contributed by atoms with Gasteiger partial charge >= 0.3 is 5.97 Å². The number of carboxylic acids is 1. The van der Waals surface area contributed by atoms with E-state index in [-0.39, 0.29) is 18.9 Å². The van der Waals surface area contributed by atoms with Crippen molar-refractivity contribution >= 4 is 17.8 Å². The fraction of sp³-hybridized carbons (Fsp3) is 0.318. The van der Waals surface area contributed by atoms with Crippen molar-refractivity contribution < 1.29 is 24.2 Å². The van der Waals surface area contributed by atoms with Crippen LogP contribution in [0.5, 0.6) is 5.75 Å². The van der Waals surface area contributed by atoms with E-state index >= 15 is 0 Å². The van der Waals surface area contributed by atoms with Crippen LogP contribution < -0.4 is 15.4 Å². The number of hydrogen-bond acceptors (Lipinski definition) is 4. The molecular formula is C22H24N2O5. The van der Waals surface area contributed by atoms with E-state index in [9.17, 15) is 19.5 Å². The van der Waals surface area contributed by atoms with Crippen molar-refractivity contribution in [3.63, 3.8) is 0 Å². The summed E-state index contributed by atoms with van der Waals surface area (Å²) in [4.78, 5) is 35.8. The third-order valence-corrected chi connectivity index (χ3v) is 4.81. The van der Waals surface area contributed by atoms with E-state index < -0.39 is 17.9 Å². The van der Waals surface area contributed by atoms with Gasteiger partial charge in [-0.25, -0.2) is 4.79 Å². The Morgan fingerprint density at radius 1 is 1.10 bits per heavy atom.